The first kappa shape index (κ1) is 34.6. The van der Waals surface area contributed by atoms with Gasteiger partial charge in [0.2, 0.25) is 0 Å². The molecule has 5 fully saturated rings. The number of aliphatic hydroxyl groups excluding tert-OH is 6. The highest BCUT2D eigenvalue weighted by Gasteiger charge is 2.58. The fourth-order valence-electron chi connectivity index (χ4n) is 5.43. The molecule has 0 aromatic heterocycles. The maximum absolute atomic E-state index is 10.8. The van der Waals surface area contributed by atoms with Crippen LogP contribution in [0.25, 0.3) is 0 Å². The number of hydrogen-bond acceptors (Lipinski definition) is 18. The summed E-state index contributed by atoms with van der Waals surface area (Å²) in [6.45, 7) is 3.38. The monoisotopic (exact) mass is 643 g/mol. The van der Waals surface area contributed by atoms with E-state index in [4.69, 9.17) is 57.8 Å². The molecule has 0 aliphatic carbocycles. The Bertz CT molecular complexity index is 905. The second-order valence-electron chi connectivity index (χ2n) is 11.4. The van der Waals surface area contributed by atoms with Gasteiger partial charge in [-0.3, -0.25) is 0 Å². The highest BCUT2D eigenvalue weighted by molar-refractivity contribution is 4.97. The van der Waals surface area contributed by atoms with Gasteiger partial charge < -0.3 is 88.5 Å². The summed E-state index contributed by atoms with van der Waals surface area (Å²) in [7, 11) is 1.47. The summed E-state index contributed by atoms with van der Waals surface area (Å²) >= 11 is 0. The van der Waals surface area contributed by atoms with Crippen LogP contribution in [0.4, 0.5) is 0 Å². The normalized spacial score (nSPS) is 48.4. The van der Waals surface area contributed by atoms with Gasteiger partial charge in [-0.25, -0.2) is 0 Å². The Labute approximate surface area is 253 Å². The van der Waals surface area contributed by atoms with Crippen molar-refractivity contribution in [2.45, 2.75) is 138 Å². The van der Waals surface area contributed by atoms with Crippen molar-refractivity contribution in [2.24, 2.45) is 5.73 Å². The van der Waals surface area contributed by atoms with Crippen LogP contribution in [0.15, 0.2) is 0 Å². The van der Waals surface area contributed by atoms with Crippen LogP contribution < -0.4 is 5.73 Å². The van der Waals surface area contributed by atoms with Crippen molar-refractivity contribution in [3.8, 4) is 0 Å². The van der Waals surface area contributed by atoms with E-state index < -0.39 is 118 Å². The topological polar surface area (TPSA) is 256 Å². The summed E-state index contributed by atoms with van der Waals surface area (Å²) in [6, 6.07) is 0. The maximum Gasteiger partial charge on any atom is 0.190 e. The van der Waals surface area contributed by atoms with Crippen molar-refractivity contribution in [3.05, 3.63) is 0 Å². The van der Waals surface area contributed by atoms with Gasteiger partial charge in [0, 0.05) is 13.5 Å². The summed E-state index contributed by atoms with van der Waals surface area (Å²) < 4.78 is 61.4. The minimum Gasteiger partial charge on any atom is -0.394 e. The van der Waals surface area contributed by atoms with E-state index in [0.717, 1.165) is 0 Å². The molecule has 0 amide bonds. The van der Waals surface area contributed by atoms with E-state index in [9.17, 15) is 30.6 Å². The molecule has 5 aliphatic heterocycles. The van der Waals surface area contributed by atoms with E-state index >= 15 is 0 Å². The van der Waals surface area contributed by atoms with Gasteiger partial charge in [0.25, 0.3) is 0 Å². The summed E-state index contributed by atoms with van der Waals surface area (Å²) in [6.07, 6.45) is -18.2. The smallest absolute Gasteiger partial charge is 0.190 e. The van der Waals surface area contributed by atoms with Gasteiger partial charge in [0.1, 0.15) is 54.9 Å². The number of nitrogens with two attached hydrogens (primary N) is 1. The Hall–Kier alpha value is -0.720. The summed E-state index contributed by atoms with van der Waals surface area (Å²) in [5, 5.41) is 62.5. The molecule has 18 atom stereocenters. The van der Waals surface area contributed by atoms with Crippen molar-refractivity contribution in [3.63, 3.8) is 0 Å². The van der Waals surface area contributed by atoms with Crippen LogP contribution in [0.1, 0.15) is 26.7 Å². The summed E-state index contributed by atoms with van der Waals surface area (Å²) in [5.74, 6) is 0. The minimum absolute atomic E-state index is 0.230. The van der Waals surface area contributed by atoms with E-state index in [2.05, 4.69) is 0 Å². The van der Waals surface area contributed by atoms with E-state index in [0.29, 0.717) is 19.6 Å². The Kier molecular flexibility index (Phi) is 11.8. The van der Waals surface area contributed by atoms with E-state index in [-0.39, 0.29) is 6.42 Å². The molecule has 0 aromatic carbocycles. The third-order valence-electron chi connectivity index (χ3n) is 8.08. The predicted molar refractivity (Wildman–Crippen MR) is 139 cm³/mol. The zero-order valence-electron chi connectivity index (χ0n) is 24.7. The molecule has 5 aliphatic rings. The van der Waals surface area contributed by atoms with E-state index in [1.165, 1.54) is 7.11 Å². The summed E-state index contributed by atoms with van der Waals surface area (Å²) in [4.78, 5) is 0. The third kappa shape index (κ3) is 7.87. The third-order valence-corrected chi connectivity index (χ3v) is 8.08. The lowest BCUT2D eigenvalue weighted by atomic mass is 9.98. The lowest BCUT2D eigenvalue weighted by Crippen LogP contribution is -2.63. The first-order valence-corrected chi connectivity index (χ1v) is 14.8. The Morgan fingerprint density at radius 2 is 1.55 bits per heavy atom. The number of methoxy groups -OCH3 is 1. The van der Waals surface area contributed by atoms with Crippen LogP contribution in [-0.2, 0) is 52.1 Å². The largest absolute Gasteiger partial charge is 0.394 e. The fraction of sp³-hybridized carbons (Fsp3) is 1.00. The molecule has 0 spiro atoms. The van der Waals surface area contributed by atoms with Crippen LogP contribution in [-0.4, -0.2) is 169 Å². The maximum atomic E-state index is 10.8. The molecule has 8 N–H and O–H groups in total. The highest BCUT2D eigenvalue weighted by Crippen LogP contribution is 2.38. The number of rotatable bonds is 15. The molecule has 44 heavy (non-hydrogen) atoms. The van der Waals surface area contributed by atoms with Crippen LogP contribution >= 0.6 is 0 Å². The standard InChI is InChI=1S/C26H45NO17/c1-9(19-25(41-19)38-10(2)37-11-7-13(34-3)40-22(14(11)29)35-6-4-5-27)36-23-17(32)15(30)20(12(8-28)39-23)42-24-18(33)16(31)21-26(43-21)44-24/h9-26,28-33H,4-8,27H2,1-3H3/t9?,10-,11?,12?,13?,14+,15?,16?,17?,18+,19-,20-,21-,22-,23-,24+,25?,26?/m1/s1. The molecule has 18 nitrogen and oxygen atoms in total. The number of aliphatic hydroxyl groups is 6. The number of ether oxygens (including phenoxy) is 11. The molecule has 0 radical (unpaired) electrons. The van der Waals surface area contributed by atoms with Crippen molar-refractivity contribution >= 4 is 0 Å². The van der Waals surface area contributed by atoms with Crippen LogP contribution in [0.5, 0.6) is 0 Å². The van der Waals surface area contributed by atoms with Gasteiger partial charge in [0.05, 0.1) is 25.4 Å². The SMILES string of the molecule is COC1CC(O[C@@H](C)OC2O[C@@H]2C(C)O[C@@H]2OC(CO)[C@@H](O[C@H]3OC4O[C@@H]4C(O)[C@@H]3O)C(O)C2O)[C@H](O)[C@H](OCCCN)O1. The van der Waals surface area contributed by atoms with Crippen molar-refractivity contribution in [1.82, 2.24) is 0 Å². The first-order valence-electron chi connectivity index (χ1n) is 14.8. The molecule has 0 aromatic rings. The van der Waals surface area contributed by atoms with Gasteiger partial charge >= 0.3 is 0 Å². The Balaban J connectivity index is 1.08. The van der Waals surface area contributed by atoms with Gasteiger partial charge in [-0.15, -0.1) is 0 Å². The lowest BCUT2D eigenvalue weighted by Gasteiger charge is -2.44. The van der Waals surface area contributed by atoms with E-state index in [1.807, 2.05) is 0 Å². The number of hydrogen-bond donors (Lipinski definition) is 7. The molecule has 18 heteroatoms. The second kappa shape index (κ2) is 15.0. The summed E-state index contributed by atoms with van der Waals surface area (Å²) in [5.41, 5.74) is 5.50. The average molecular weight is 644 g/mol. The molecule has 5 saturated heterocycles. The molecule has 256 valence electrons. The molecule has 5 heterocycles. The van der Waals surface area contributed by atoms with Crippen molar-refractivity contribution in [2.75, 3.05) is 26.9 Å². The van der Waals surface area contributed by atoms with Gasteiger partial charge in [-0.1, -0.05) is 0 Å². The molecule has 5 rings (SSSR count). The Morgan fingerprint density at radius 3 is 2.25 bits per heavy atom. The molecular weight excluding hydrogens is 598 g/mol. The zero-order valence-corrected chi connectivity index (χ0v) is 24.7. The highest BCUT2D eigenvalue weighted by atomic mass is 16.8. The molecule has 9 unspecified atom stereocenters. The minimum atomic E-state index is -1.62. The number of epoxide rings is 2. The van der Waals surface area contributed by atoms with Crippen molar-refractivity contribution < 1.29 is 82.7 Å². The van der Waals surface area contributed by atoms with Crippen LogP contribution in [0, 0.1) is 0 Å². The lowest BCUT2D eigenvalue weighted by molar-refractivity contribution is -0.348. The molecule has 0 saturated carbocycles. The van der Waals surface area contributed by atoms with Crippen LogP contribution in [0.3, 0.4) is 0 Å². The van der Waals surface area contributed by atoms with Crippen molar-refractivity contribution in [1.29, 1.82) is 0 Å². The average Bonchev–Trinajstić information content (AvgIpc) is 3.93. The van der Waals surface area contributed by atoms with Gasteiger partial charge in [-0.2, -0.15) is 0 Å². The predicted octanol–water partition coefficient (Wildman–Crippen LogP) is -4.06. The van der Waals surface area contributed by atoms with Gasteiger partial charge in [0.15, 0.2) is 44.0 Å². The Morgan fingerprint density at radius 1 is 0.795 bits per heavy atom. The second-order valence-corrected chi connectivity index (χ2v) is 11.4. The van der Waals surface area contributed by atoms with Crippen LogP contribution in [0.2, 0.25) is 0 Å². The fourth-order valence-corrected chi connectivity index (χ4v) is 5.43. The van der Waals surface area contributed by atoms with E-state index in [1.54, 1.807) is 13.8 Å². The number of fused-ring (bicyclic) bond motifs is 1. The molecule has 0 bridgehead atoms. The van der Waals surface area contributed by atoms with Gasteiger partial charge in [-0.05, 0) is 26.8 Å². The quantitative estimate of drug-likeness (QED) is 0.0509. The first-order chi connectivity index (χ1) is 21.1. The molecular formula is C26H45NO17. The zero-order chi connectivity index (χ0) is 31.7.